The molecule has 2 atom stereocenters. The summed E-state index contributed by atoms with van der Waals surface area (Å²) < 4.78 is 1.98. The Morgan fingerprint density at radius 1 is 1.24 bits per heavy atom. The maximum Gasteiger partial charge on any atom is 0.0924 e. The Hall–Kier alpha value is -1.61. The lowest BCUT2D eigenvalue weighted by Crippen LogP contribution is -2.25. The van der Waals surface area contributed by atoms with Crippen molar-refractivity contribution in [1.29, 1.82) is 0 Å². The van der Waals surface area contributed by atoms with Crippen LogP contribution in [0.1, 0.15) is 55.6 Å². The fourth-order valence-electron chi connectivity index (χ4n) is 2.64. The van der Waals surface area contributed by atoms with Crippen molar-refractivity contribution in [2.24, 2.45) is 0 Å². The van der Waals surface area contributed by atoms with Gasteiger partial charge in [0, 0.05) is 18.7 Å². The molecule has 21 heavy (non-hydrogen) atoms. The second kappa shape index (κ2) is 6.02. The summed E-state index contributed by atoms with van der Waals surface area (Å²) in [5, 5.41) is 15.4. The van der Waals surface area contributed by atoms with E-state index < -0.39 is 5.60 Å². The van der Waals surface area contributed by atoms with Gasteiger partial charge in [0.2, 0.25) is 0 Å². The second-order valence-corrected chi connectivity index (χ2v) is 6.37. The van der Waals surface area contributed by atoms with E-state index in [0.717, 1.165) is 17.7 Å². The number of hydrogen-bond acceptors (Lipinski definition) is 2. The Morgan fingerprint density at radius 2 is 1.86 bits per heavy atom. The van der Waals surface area contributed by atoms with Gasteiger partial charge in [0.1, 0.15) is 0 Å². The summed E-state index contributed by atoms with van der Waals surface area (Å²) in [7, 11) is 0. The van der Waals surface area contributed by atoms with Crippen molar-refractivity contribution in [2.45, 2.75) is 59.1 Å². The molecule has 3 nitrogen and oxygen atoms in total. The quantitative estimate of drug-likeness (QED) is 0.904. The summed E-state index contributed by atoms with van der Waals surface area (Å²) in [5.41, 5.74) is 3.34. The van der Waals surface area contributed by atoms with Crippen LogP contribution < -0.4 is 0 Å². The third-order valence-corrected chi connectivity index (χ3v) is 4.07. The summed E-state index contributed by atoms with van der Waals surface area (Å²) in [5.74, 6) is 0. The van der Waals surface area contributed by atoms with Crippen LogP contribution in [-0.4, -0.2) is 14.9 Å². The number of aliphatic hydroxyl groups is 1. The van der Waals surface area contributed by atoms with Gasteiger partial charge in [0.15, 0.2) is 0 Å². The number of hydrogen-bond donors (Lipinski definition) is 1. The summed E-state index contributed by atoms with van der Waals surface area (Å²) in [6, 6.07) is 8.63. The van der Waals surface area contributed by atoms with Crippen molar-refractivity contribution in [3.63, 3.8) is 0 Å². The van der Waals surface area contributed by atoms with Crippen LogP contribution in [0.5, 0.6) is 0 Å². The van der Waals surface area contributed by atoms with Gasteiger partial charge in [-0.25, -0.2) is 0 Å². The summed E-state index contributed by atoms with van der Waals surface area (Å²) in [6.45, 7) is 10.3. The lowest BCUT2D eigenvalue weighted by Gasteiger charge is -2.24. The molecule has 2 unspecified atom stereocenters. The Balaban J connectivity index is 2.22. The molecule has 1 heterocycles. The van der Waals surface area contributed by atoms with Gasteiger partial charge in [-0.2, -0.15) is 5.10 Å². The SMILES string of the molecule is CCC(C)n1ccc(CC(C)(O)c2cc(C)cc(C)c2)n1. The van der Waals surface area contributed by atoms with Gasteiger partial charge in [-0.1, -0.05) is 36.2 Å². The molecule has 0 aliphatic carbocycles. The molecule has 0 spiro atoms. The largest absolute Gasteiger partial charge is 0.385 e. The van der Waals surface area contributed by atoms with Crippen LogP contribution in [0.15, 0.2) is 30.5 Å². The van der Waals surface area contributed by atoms with E-state index in [4.69, 9.17) is 0 Å². The summed E-state index contributed by atoms with van der Waals surface area (Å²) in [6.07, 6.45) is 3.58. The maximum atomic E-state index is 10.8. The average molecular weight is 286 g/mol. The molecule has 0 fully saturated rings. The fraction of sp³-hybridized carbons (Fsp3) is 0.500. The van der Waals surface area contributed by atoms with Crippen molar-refractivity contribution >= 4 is 0 Å². The molecule has 2 aromatic rings. The van der Waals surface area contributed by atoms with Gasteiger partial charge in [-0.15, -0.1) is 0 Å². The molecular weight excluding hydrogens is 260 g/mol. The molecular formula is C18H26N2O. The molecule has 1 aromatic carbocycles. The smallest absolute Gasteiger partial charge is 0.0924 e. The number of aryl methyl sites for hydroxylation is 2. The summed E-state index contributed by atoms with van der Waals surface area (Å²) >= 11 is 0. The minimum atomic E-state index is -0.897. The Kier molecular flexibility index (Phi) is 4.52. The number of aromatic nitrogens is 2. The highest BCUT2D eigenvalue weighted by Crippen LogP contribution is 2.27. The van der Waals surface area contributed by atoms with Crippen LogP contribution in [0.4, 0.5) is 0 Å². The fourth-order valence-corrected chi connectivity index (χ4v) is 2.64. The zero-order valence-electron chi connectivity index (χ0n) is 13.7. The van der Waals surface area contributed by atoms with E-state index in [0.29, 0.717) is 12.5 Å². The van der Waals surface area contributed by atoms with E-state index in [1.54, 1.807) is 0 Å². The van der Waals surface area contributed by atoms with Gasteiger partial charge >= 0.3 is 0 Å². The van der Waals surface area contributed by atoms with Crippen LogP contribution >= 0.6 is 0 Å². The first-order chi connectivity index (χ1) is 9.81. The van der Waals surface area contributed by atoms with E-state index in [1.165, 1.54) is 11.1 Å². The van der Waals surface area contributed by atoms with E-state index >= 15 is 0 Å². The van der Waals surface area contributed by atoms with Gasteiger partial charge in [-0.05, 0) is 45.7 Å². The van der Waals surface area contributed by atoms with Gasteiger partial charge in [-0.3, -0.25) is 4.68 Å². The van der Waals surface area contributed by atoms with E-state index in [9.17, 15) is 5.11 Å². The molecule has 0 aliphatic rings. The van der Waals surface area contributed by atoms with Crippen molar-refractivity contribution in [1.82, 2.24) is 9.78 Å². The molecule has 1 aromatic heterocycles. The van der Waals surface area contributed by atoms with E-state index in [2.05, 4.69) is 51.0 Å². The molecule has 0 aliphatic heterocycles. The maximum absolute atomic E-state index is 10.8. The molecule has 0 saturated carbocycles. The van der Waals surface area contributed by atoms with Crippen molar-refractivity contribution in [3.05, 3.63) is 52.8 Å². The Labute approximate surface area is 127 Å². The minimum absolute atomic E-state index is 0.393. The topological polar surface area (TPSA) is 38.0 Å². The van der Waals surface area contributed by atoms with Crippen molar-refractivity contribution in [2.75, 3.05) is 0 Å². The second-order valence-electron chi connectivity index (χ2n) is 6.37. The van der Waals surface area contributed by atoms with Crippen LogP contribution in [0.2, 0.25) is 0 Å². The first kappa shape index (κ1) is 15.8. The summed E-state index contributed by atoms with van der Waals surface area (Å²) in [4.78, 5) is 0. The minimum Gasteiger partial charge on any atom is -0.385 e. The molecule has 0 saturated heterocycles. The molecule has 3 heteroatoms. The highest BCUT2D eigenvalue weighted by Gasteiger charge is 2.25. The number of benzene rings is 1. The zero-order chi connectivity index (χ0) is 15.6. The first-order valence-electron chi connectivity index (χ1n) is 7.67. The zero-order valence-corrected chi connectivity index (χ0v) is 13.7. The molecule has 2 rings (SSSR count). The lowest BCUT2D eigenvalue weighted by atomic mass is 9.89. The predicted octanol–water partition coefficient (Wildman–Crippen LogP) is 3.92. The van der Waals surface area contributed by atoms with Crippen LogP contribution in [0, 0.1) is 13.8 Å². The molecule has 1 N–H and O–H groups in total. The average Bonchev–Trinajstić information content (AvgIpc) is 2.84. The van der Waals surface area contributed by atoms with E-state index in [1.807, 2.05) is 23.9 Å². The van der Waals surface area contributed by atoms with Gasteiger partial charge in [0.25, 0.3) is 0 Å². The normalized spacial score (nSPS) is 15.7. The highest BCUT2D eigenvalue weighted by atomic mass is 16.3. The molecule has 0 bridgehead atoms. The van der Waals surface area contributed by atoms with Crippen molar-refractivity contribution < 1.29 is 5.11 Å². The third-order valence-electron chi connectivity index (χ3n) is 4.07. The third kappa shape index (κ3) is 3.73. The lowest BCUT2D eigenvalue weighted by molar-refractivity contribution is 0.0562. The molecule has 0 radical (unpaired) electrons. The van der Waals surface area contributed by atoms with Gasteiger partial charge in [0.05, 0.1) is 11.3 Å². The Morgan fingerprint density at radius 3 is 2.43 bits per heavy atom. The number of nitrogens with zero attached hydrogens (tertiary/aromatic N) is 2. The van der Waals surface area contributed by atoms with Crippen molar-refractivity contribution in [3.8, 4) is 0 Å². The molecule has 0 amide bonds. The predicted molar refractivity (Wildman–Crippen MR) is 86.4 cm³/mol. The van der Waals surface area contributed by atoms with Gasteiger partial charge < -0.3 is 5.11 Å². The van der Waals surface area contributed by atoms with E-state index in [-0.39, 0.29) is 0 Å². The van der Waals surface area contributed by atoms with Crippen LogP contribution in [-0.2, 0) is 12.0 Å². The molecule has 114 valence electrons. The van der Waals surface area contributed by atoms with Crippen LogP contribution in [0.25, 0.3) is 0 Å². The highest BCUT2D eigenvalue weighted by molar-refractivity contribution is 5.33. The Bertz CT molecular complexity index is 593. The van der Waals surface area contributed by atoms with Crippen LogP contribution in [0.3, 0.4) is 0 Å². The number of rotatable bonds is 5. The standard InChI is InChI=1S/C18H26N2O/c1-6-15(4)20-8-7-17(19-20)12-18(5,21)16-10-13(2)9-14(3)11-16/h7-11,15,21H,6,12H2,1-5H3. The monoisotopic (exact) mass is 286 g/mol. The first-order valence-corrected chi connectivity index (χ1v) is 7.67.